The summed E-state index contributed by atoms with van der Waals surface area (Å²) in [4.78, 5) is 44.7. The van der Waals surface area contributed by atoms with Crippen molar-refractivity contribution in [1.29, 1.82) is 0 Å². The third kappa shape index (κ3) is 3.35. The number of rotatable bonds is 4. The zero-order valence-electron chi connectivity index (χ0n) is 16.6. The molecule has 5 rings (SSSR count). The van der Waals surface area contributed by atoms with Gasteiger partial charge in [0.05, 0.1) is 11.8 Å². The summed E-state index contributed by atoms with van der Waals surface area (Å²) in [7, 11) is 0. The fourth-order valence-corrected chi connectivity index (χ4v) is 7.67. The van der Waals surface area contributed by atoms with Crippen LogP contribution in [0.4, 0.5) is 0 Å². The molecule has 1 aromatic carbocycles. The molecule has 1 aromatic rings. The number of imide groups is 1. The second-order valence-corrected chi connectivity index (χ2v) is 11.0. The predicted molar refractivity (Wildman–Crippen MR) is 119 cm³/mol. The summed E-state index contributed by atoms with van der Waals surface area (Å²) in [6, 6.07) is 10.3. The van der Waals surface area contributed by atoms with Gasteiger partial charge in [0.15, 0.2) is 0 Å². The molecule has 6 nitrogen and oxygen atoms in total. The molecule has 2 saturated carbocycles. The molecule has 6 atom stereocenters. The SMILES string of the molecule is O=C(CN1C(=O)[C@H]2[C@@H]3C[C@@H]([C@@H](Br)[C@H]3Br)[C@@H]2C1=O)N1CCN(Cc2ccccc2)CC1. The van der Waals surface area contributed by atoms with Gasteiger partial charge in [0.25, 0.3) is 0 Å². The summed E-state index contributed by atoms with van der Waals surface area (Å²) in [5.74, 6) is -0.540. The summed E-state index contributed by atoms with van der Waals surface area (Å²) >= 11 is 7.40. The second kappa shape index (κ2) is 8.02. The Morgan fingerprint density at radius 1 is 0.900 bits per heavy atom. The van der Waals surface area contributed by atoms with Crippen molar-refractivity contribution in [3.63, 3.8) is 0 Å². The van der Waals surface area contributed by atoms with Crippen LogP contribution < -0.4 is 0 Å². The van der Waals surface area contributed by atoms with Crippen LogP contribution in [0.3, 0.4) is 0 Å². The molecule has 2 saturated heterocycles. The Morgan fingerprint density at radius 3 is 2.03 bits per heavy atom. The lowest BCUT2D eigenvalue weighted by atomic mass is 9.81. The van der Waals surface area contributed by atoms with Gasteiger partial charge >= 0.3 is 0 Å². The van der Waals surface area contributed by atoms with Crippen molar-refractivity contribution >= 4 is 49.6 Å². The Hall–Kier alpha value is -1.25. The number of carbonyl (C=O) groups is 3. The van der Waals surface area contributed by atoms with E-state index in [-0.39, 0.29) is 57.6 Å². The maximum Gasteiger partial charge on any atom is 0.242 e. The number of carbonyl (C=O) groups excluding carboxylic acids is 3. The van der Waals surface area contributed by atoms with Crippen molar-refractivity contribution in [1.82, 2.24) is 14.7 Å². The maximum atomic E-state index is 13.0. The molecule has 2 aliphatic carbocycles. The monoisotopic (exact) mass is 537 g/mol. The Bertz CT molecular complexity index is 826. The third-order valence-electron chi connectivity index (χ3n) is 7.35. The first kappa shape index (κ1) is 20.6. The fourth-order valence-electron chi connectivity index (χ4n) is 5.80. The molecule has 2 heterocycles. The molecule has 0 unspecified atom stereocenters. The largest absolute Gasteiger partial charge is 0.339 e. The maximum absolute atomic E-state index is 13.0. The second-order valence-electron chi connectivity index (χ2n) is 8.91. The van der Waals surface area contributed by atoms with Gasteiger partial charge < -0.3 is 4.90 Å². The van der Waals surface area contributed by atoms with Crippen molar-refractivity contribution in [3.05, 3.63) is 35.9 Å². The van der Waals surface area contributed by atoms with E-state index in [2.05, 4.69) is 48.9 Å². The number of halogens is 2. The van der Waals surface area contributed by atoms with Crippen LogP contribution in [0.5, 0.6) is 0 Å². The van der Waals surface area contributed by atoms with Crippen molar-refractivity contribution in [2.75, 3.05) is 32.7 Å². The fraction of sp³-hybridized carbons (Fsp3) is 0.591. The molecular formula is C22H25Br2N3O3. The van der Waals surface area contributed by atoms with Gasteiger partial charge in [-0.3, -0.25) is 24.2 Å². The molecule has 0 spiro atoms. The summed E-state index contributed by atoms with van der Waals surface area (Å²) < 4.78 is 0. The van der Waals surface area contributed by atoms with Crippen LogP contribution in [0, 0.1) is 23.7 Å². The minimum Gasteiger partial charge on any atom is -0.339 e. The van der Waals surface area contributed by atoms with Gasteiger partial charge in [-0.25, -0.2) is 0 Å². The van der Waals surface area contributed by atoms with E-state index in [0.29, 0.717) is 13.1 Å². The molecule has 160 valence electrons. The Balaban J connectivity index is 1.18. The lowest BCUT2D eigenvalue weighted by molar-refractivity contribution is -0.147. The summed E-state index contributed by atoms with van der Waals surface area (Å²) in [5.41, 5.74) is 1.27. The summed E-state index contributed by atoms with van der Waals surface area (Å²) in [5, 5.41) is 0. The minimum atomic E-state index is -0.254. The van der Waals surface area contributed by atoms with Crippen LogP contribution in [-0.4, -0.2) is 74.8 Å². The summed E-state index contributed by atoms with van der Waals surface area (Å²) in [6.45, 7) is 3.63. The van der Waals surface area contributed by atoms with E-state index >= 15 is 0 Å². The van der Waals surface area contributed by atoms with Gasteiger partial charge in [0, 0.05) is 42.4 Å². The lowest BCUT2D eigenvalue weighted by Crippen LogP contribution is -2.51. The van der Waals surface area contributed by atoms with Gasteiger partial charge in [-0.15, -0.1) is 0 Å². The highest BCUT2D eigenvalue weighted by atomic mass is 79.9. The van der Waals surface area contributed by atoms with Crippen LogP contribution >= 0.6 is 31.9 Å². The number of benzene rings is 1. The highest BCUT2D eigenvalue weighted by Gasteiger charge is 2.66. The van der Waals surface area contributed by atoms with Crippen molar-refractivity contribution in [3.8, 4) is 0 Å². The third-order valence-corrected chi connectivity index (χ3v) is 10.6. The summed E-state index contributed by atoms with van der Waals surface area (Å²) in [6.07, 6.45) is 0.907. The van der Waals surface area contributed by atoms with E-state index in [9.17, 15) is 14.4 Å². The first-order valence-electron chi connectivity index (χ1n) is 10.6. The van der Waals surface area contributed by atoms with Crippen LogP contribution in [-0.2, 0) is 20.9 Å². The van der Waals surface area contributed by atoms with E-state index in [1.165, 1.54) is 10.5 Å². The number of hydrogen-bond acceptors (Lipinski definition) is 4. The van der Waals surface area contributed by atoms with Crippen LogP contribution in [0.25, 0.3) is 0 Å². The Labute approximate surface area is 193 Å². The zero-order chi connectivity index (χ0) is 21.0. The Kier molecular flexibility index (Phi) is 5.52. The number of hydrogen-bond donors (Lipinski definition) is 0. The van der Waals surface area contributed by atoms with Crippen molar-refractivity contribution < 1.29 is 14.4 Å². The van der Waals surface area contributed by atoms with Crippen LogP contribution in [0.15, 0.2) is 30.3 Å². The normalized spacial score (nSPS) is 35.9. The van der Waals surface area contributed by atoms with Gasteiger partial charge in [-0.2, -0.15) is 0 Å². The molecule has 4 aliphatic rings. The highest BCUT2D eigenvalue weighted by molar-refractivity contribution is 9.12. The van der Waals surface area contributed by atoms with Gasteiger partial charge in [0.1, 0.15) is 6.54 Å². The van der Waals surface area contributed by atoms with E-state index in [4.69, 9.17) is 0 Å². The number of nitrogens with zero attached hydrogens (tertiary/aromatic N) is 3. The molecule has 30 heavy (non-hydrogen) atoms. The molecule has 0 aromatic heterocycles. The van der Waals surface area contributed by atoms with E-state index in [0.717, 1.165) is 26.1 Å². The number of likely N-dealkylation sites (tertiary alicyclic amines) is 1. The molecule has 0 N–H and O–H groups in total. The number of piperazine rings is 1. The average Bonchev–Trinajstić information content (AvgIpc) is 3.36. The van der Waals surface area contributed by atoms with Gasteiger partial charge in [-0.1, -0.05) is 62.2 Å². The van der Waals surface area contributed by atoms with Crippen LogP contribution in [0.2, 0.25) is 0 Å². The quantitative estimate of drug-likeness (QED) is 0.435. The predicted octanol–water partition coefficient (Wildman–Crippen LogP) is 2.11. The molecular weight excluding hydrogens is 514 g/mol. The smallest absolute Gasteiger partial charge is 0.242 e. The number of amides is 3. The minimum absolute atomic E-state index is 0.108. The highest BCUT2D eigenvalue weighted by Crippen LogP contribution is 2.60. The molecule has 8 heteroatoms. The van der Waals surface area contributed by atoms with Gasteiger partial charge in [-0.05, 0) is 23.8 Å². The van der Waals surface area contributed by atoms with E-state index in [1.54, 1.807) is 4.90 Å². The van der Waals surface area contributed by atoms with Crippen LogP contribution in [0.1, 0.15) is 12.0 Å². The number of fused-ring (bicyclic) bond motifs is 5. The molecule has 2 aliphatic heterocycles. The van der Waals surface area contributed by atoms with Crippen molar-refractivity contribution in [2.24, 2.45) is 23.7 Å². The van der Waals surface area contributed by atoms with Crippen molar-refractivity contribution in [2.45, 2.75) is 22.6 Å². The molecule has 4 fully saturated rings. The zero-order valence-corrected chi connectivity index (χ0v) is 19.8. The first-order valence-corrected chi connectivity index (χ1v) is 12.5. The lowest BCUT2D eigenvalue weighted by Gasteiger charge is -2.35. The van der Waals surface area contributed by atoms with E-state index in [1.807, 2.05) is 18.2 Å². The Morgan fingerprint density at radius 2 is 1.47 bits per heavy atom. The van der Waals surface area contributed by atoms with E-state index < -0.39 is 0 Å². The standard InChI is InChI=1S/C22H25Br2N3O3/c23-19-14-10-15(20(19)24)18-17(14)21(29)27(22(18)30)12-16(28)26-8-6-25(7-9-26)11-13-4-2-1-3-5-13/h1-5,14-15,17-20H,6-12H2/t14-,15+,17-,18-,19-,20+/m0/s1. The number of alkyl halides is 2. The van der Waals surface area contributed by atoms with Gasteiger partial charge in [0.2, 0.25) is 17.7 Å². The molecule has 2 bridgehead atoms. The molecule has 0 radical (unpaired) electrons. The average molecular weight is 539 g/mol. The molecule has 3 amide bonds. The topological polar surface area (TPSA) is 60.9 Å². The first-order chi connectivity index (χ1) is 14.5.